The average molecular weight is 1540 g/mol. The zero-order valence-corrected chi connectivity index (χ0v) is 63.5. The van der Waals surface area contributed by atoms with Crippen molar-refractivity contribution in [3.8, 4) is 29.4 Å². The van der Waals surface area contributed by atoms with Gasteiger partial charge in [0.1, 0.15) is 103 Å². The largest absolute Gasteiger partial charge is 0.478 e. The summed E-state index contributed by atoms with van der Waals surface area (Å²) in [5, 5.41) is 59.1. The summed E-state index contributed by atoms with van der Waals surface area (Å²) in [5.74, 6) is 3.86. The molecular formula is C70H95F5N20O14. The Bertz CT molecular complexity index is 4250. The van der Waals surface area contributed by atoms with Crippen molar-refractivity contribution in [2.24, 2.45) is 17.8 Å². The van der Waals surface area contributed by atoms with E-state index >= 15 is 0 Å². The Balaban J connectivity index is 0.000000135. The second-order valence-electron chi connectivity index (χ2n) is 26.7. The van der Waals surface area contributed by atoms with Gasteiger partial charge in [0.05, 0.1) is 125 Å². The molecule has 10 aromatic rings. The van der Waals surface area contributed by atoms with E-state index in [0.717, 1.165) is 19.3 Å². The smallest absolute Gasteiger partial charge is 0.261 e. The summed E-state index contributed by atoms with van der Waals surface area (Å²) >= 11 is 0. The standard InChI is InChI=1S/3C15H21FN4O2.C13H17FN4O4.C12H15FN4O4/c3*1-5-11-8(3)12(16)13(22-11)10-7-17-14-15(21-6-2)18-9(4)19-20(10)14;1-3-21-13-12-15-4-7(18(12)17-6(2)16-13)11-9(14)10(20)8(5-19)22-11;1-5-15-12(20-2)11-14-3-6(17(11)16-5)10-8(13)9(19)7(4-18)21-10/h3*7-8,11-13H,5-6H2,1-4H3;4,8-11,19-20H,3,5H2,1-2H3;3,7-10,18-19H,4H2,1-2H3/t3*8-,11-,12-,13+;8-,9-,10-,11+;7-,8-,9-,10+/m11111/s1. The molecule has 20 atom stereocenters. The Labute approximate surface area is 623 Å². The van der Waals surface area contributed by atoms with Crippen molar-refractivity contribution in [2.75, 3.05) is 46.8 Å². The van der Waals surface area contributed by atoms with Gasteiger partial charge in [-0.2, -0.15) is 50.4 Å². The van der Waals surface area contributed by atoms with Crippen LogP contribution in [0.4, 0.5) is 22.0 Å². The molecule has 5 fully saturated rings. The van der Waals surface area contributed by atoms with E-state index in [1.54, 1.807) is 66.8 Å². The molecule has 15 rings (SSSR count). The van der Waals surface area contributed by atoms with Gasteiger partial charge >= 0.3 is 0 Å². The number of fused-ring (bicyclic) bond motifs is 5. The fourth-order valence-electron chi connectivity index (χ4n) is 13.8. The third-order valence-corrected chi connectivity index (χ3v) is 19.4. The van der Waals surface area contributed by atoms with E-state index in [2.05, 4.69) is 75.3 Å². The van der Waals surface area contributed by atoms with E-state index in [1.165, 1.54) is 28.5 Å². The Morgan fingerprint density at radius 1 is 0.349 bits per heavy atom. The van der Waals surface area contributed by atoms with Crippen LogP contribution in [0.5, 0.6) is 29.4 Å². The highest BCUT2D eigenvalue weighted by Crippen LogP contribution is 2.45. The molecule has 4 N–H and O–H groups in total. The molecule has 109 heavy (non-hydrogen) atoms. The molecule has 10 aromatic heterocycles. The number of alkyl halides is 5. The van der Waals surface area contributed by atoms with Gasteiger partial charge in [0.2, 0.25) is 28.2 Å². The molecule has 0 bridgehead atoms. The molecule has 0 amide bonds. The number of ether oxygens (including phenoxy) is 10. The number of aromatic nitrogens is 20. The van der Waals surface area contributed by atoms with E-state index in [0.29, 0.717) is 136 Å². The van der Waals surface area contributed by atoms with E-state index in [-0.39, 0.29) is 41.9 Å². The minimum Gasteiger partial charge on any atom is -0.478 e. The maximum Gasteiger partial charge on any atom is 0.261 e. The predicted octanol–water partition coefficient (Wildman–Crippen LogP) is 7.50. The molecule has 0 spiro atoms. The van der Waals surface area contributed by atoms with Crippen LogP contribution in [-0.2, 0) is 23.7 Å². The molecule has 0 aliphatic carbocycles. The Hall–Kier alpha value is -8.96. The van der Waals surface area contributed by atoms with Crippen LogP contribution in [0.15, 0.2) is 31.0 Å². The average Bonchev–Trinajstić information content (AvgIpc) is 1.65. The van der Waals surface area contributed by atoms with Crippen molar-refractivity contribution in [1.29, 1.82) is 0 Å². The highest BCUT2D eigenvalue weighted by Gasteiger charge is 2.50. The van der Waals surface area contributed by atoms with Crippen molar-refractivity contribution in [2.45, 2.75) is 227 Å². The SMILES string of the molecule is CCOc1nc(C)nn2c([C@@H]3O[C@H](CC)[C@@H](C)[C@H]3F)cnc12.CCOc1nc(C)nn2c([C@@H]3O[C@H](CC)[C@@H](C)[C@H]3F)cnc12.CCOc1nc(C)nn2c([C@@H]3O[C@H](CC)[C@@H](C)[C@H]3F)cnc12.CCOc1nc(C)nn2c([C@@H]3O[C@H](CO)[C@@H](O)[C@H]3F)cnc12.COc1nc(C)nn2c([C@@H]3O[C@H](CO)[C@@H](O)[C@H]3F)cnc12. The molecule has 0 saturated carbocycles. The first-order valence-electron chi connectivity index (χ1n) is 36.5. The maximum absolute atomic E-state index is 14.6. The lowest BCUT2D eigenvalue weighted by Gasteiger charge is -2.13. The van der Waals surface area contributed by atoms with E-state index in [1.807, 2.05) is 69.2 Å². The molecule has 15 heterocycles. The fourth-order valence-corrected chi connectivity index (χ4v) is 13.8. The van der Waals surface area contributed by atoms with Crippen LogP contribution in [0.25, 0.3) is 28.2 Å². The van der Waals surface area contributed by atoms with Crippen LogP contribution in [0.3, 0.4) is 0 Å². The van der Waals surface area contributed by atoms with Gasteiger partial charge in [-0.15, -0.1) is 0 Å². The van der Waals surface area contributed by atoms with Gasteiger partial charge in [-0.25, -0.2) is 69.4 Å². The van der Waals surface area contributed by atoms with Crippen LogP contribution in [0.2, 0.25) is 0 Å². The third-order valence-electron chi connectivity index (χ3n) is 19.4. The lowest BCUT2D eigenvalue weighted by molar-refractivity contribution is -0.0241. The number of hydrogen-bond acceptors (Lipinski definition) is 29. The third kappa shape index (κ3) is 16.2. The summed E-state index contributed by atoms with van der Waals surface area (Å²) in [6.07, 6.45) is -5.67. The number of nitrogens with zero attached hydrogens (tertiary/aromatic N) is 20. The first kappa shape index (κ1) is 81.0. The summed E-state index contributed by atoms with van der Waals surface area (Å²) < 4.78 is 135. The number of rotatable bonds is 19. The van der Waals surface area contributed by atoms with Crippen LogP contribution in [0, 0.1) is 52.4 Å². The summed E-state index contributed by atoms with van der Waals surface area (Å²) in [4.78, 5) is 42.1. The number of halogens is 5. The minimum absolute atomic E-state index is 0.0835. The summed E-state index contributed by atoms with van der Waals surface area (Å²) in [7, 11) is 1.45. The van der Waals surface area contributed by atoms with Gasteiger partial charge in [0.15, 0.2) is 12.3 Å². The normalized spacial score (nSPS) is 28.6. The zero-order chi connectivity index (χ0) is 78.6. The Morgan fingerprint density at radius 3 is 0.752 bits per heavy atom. The molecule has 5 saturated heterocycles. The zero-order valence-electron chi connectivity index (χ0n) is 63.5. The van der Waals surface area contributed by atoms with Crippen LogP contribution >= 0.6 is 0 Å². The number of aliphatic hydroxyl groups excluding tert-OH is 4. The maximum atomic E-state index is 14.6. The van der Waals surface area contributed by atoms with Crippen molar-refractivity contribution in [3.05, 3.63) is 88.6 Å². The van der Waals surface area contributed by atoms with Gasteiger partial charge in [0.25, 0.3) is 29.4 Å². The highest BCUT2D eigenvalue weighted by atomic mass is 19.2. The summed E-state index contributed by atoms with van der Waals surface area (Å²) in [5.41, 5.74) is 4.64. The minimum atomic E-state index is -1.68. The molecule has 594 valence electrons. The summed E-state index contributed by atoms with van der Waals surface area (Å²) in [6, 6.07) is 0. The van der Waals surface area contributed by atoms with Gasteiger partial charge in [0, 0.05) is 17.8 Å². The lowest BCUT2D eigenvalue weighted by atomic mass is 9.97. The molecule has 5 aliphatic heterocycles. The highest BCUT2D eigenvalue weighted by molar-refractivity contribution is 5.53. The fraction of sp³-hybridized carbons (Fsp3) is 0.643. The molecule has 0 unspecified atom stereocenters. The van der Waals surface area contributed by atoms with Gasteiger partial charge < -0.3 is 67.8 Å². The molecule has 0 radical (unpaired) electrons. The number of aliphatic hydroxyl groups is 4. The first-order valence-corrected chi connectivity index (χ1v) is 36.5. The van der Waals surface area contributed by atoms with Gasteiger partial charge in [-0.05, 0) is 81.6 Å². The number of hydrogen-bond donors (Lipinski definition) is 4. The summed E-state index contributed by atoms with van der Waals surface area (Å²) in [6.45, 7) is 28.7. The van der Waals surface area contributed by atoms with Crippen molar-refractivity contribution >= 4 is 28.2 Å². The Morgan fingerprint density at radius 2 is 0.560 bits per heavy atom. The second-order valence-corrected chi connectivity index (χ2v) is 26.7. The molecule has 34 nitrogen and oxygen atoms in total. The van der Waals surface area contributed by atoms with Crippen LogP contribution < -0.4 is 23.7 Å². The van der Waals surface area contributed by atoms with Crippen LogP contribution in [0.1, 0.15) is 177 Å². The second kappa shape index (κ2) is 34.9. The number of methoxy groups -OCH3 is 1. The van der Waals surface area contributed by atoms with Crippen LogP contribution in [-0.4, -0.2) is 239 Å². The number of imidazole rings is 5. The van der Waals surface area contributed by atoms with E-state index in [9.17, 15) is 32.2 Å². The quantitative estimate of drug-likeness (QED) is 0.0569. The topological polar surface area (TPSA) is 389 Å². The monoisotopic (exact) mass is 1530 g/mol. The first-order chi connectivity index (χ1) is 52.3. The molecule has 5 aliphatic rings. The lowest BCUT2D eigenvalue weighted by Crippen LogP contribution is -2.30. The molecular weight excluding hydrogens is 1440 g/mol. The van der Waals surface area contributed by atoms with E-state index < -0.39 is 99.0 Å². The predicted molar refractivity (Wildman–Crippen MR) is 376 cm³/mol. The van der Waals surface area contributed by atoms with Crippen molar-refractivity contribution in [1.82, 2.24) is 97.9 Å². The molecule has 0 aromatic carbocycles. The van der Waals surface area contributed by atoms with Crippen molar-refractivity contribution in [3.63, 3.8) is 0 Å². The van der Waals surface area contributed by atoms with Gasteiger partial charge in [-0.3, -0.25) is 0 Å². The molecule has 39 heteroatoms. The van der Waals surface area contributed by atoms with Gasteiger partial charge in [-0.1, -0.05) is 41.5 Å². The Kier molecular flexibility index (Phi) is 26.0. The van der Waals surface area contributed by atoms with Crippen molar-refractivity contribution < 1.29 is 89.7 Å². The number of aryl methyl sites for hydroxylation is 5. The van der Waals surface area contributed by atoms with E-state index in [4.69, 9.17) is 57.6 Å².